The number of hydrogen-bond donors (Lipinski definition) is 2. The van der Waals surface area contributed by atoms with Gasteiger partial charge < -0.3 is 24.8 Å². The predicted octanol–water partition coefficient (Wildman–Crippen LogP) is 1.86. The molecular formula is C19H20N2O6. The van der Waals surface area contributed by atoms with E-state index in [1.807, 2.05) is 0 Å². The second kappa shape index (κ2) is 9.23. The Morgan fingerprint density at radius 1 is 0.926 bits per heavy atom. The smallest absolute Gasteiger partial charge is 0.346 e. The highest BCUT2D eigenvalue weighted by Crippen LogP contribution is 2.28. The van der Waals surface area contributed by atoms with E-state index >= 15 is 0 Å². The monoisotopic (exact) mass is 372 g/mol. The standard InChI is InChI=1S/C19H20N2O6/c1-20-18(23)12-7-9-13(10-8-12)21-16(22)11-27-19(24)17-14(25-2)5-4-6-15(17)26-3/h4-10H,11H2,1-3H3,(H,20,23)(H,21,22). The van der Waals surface area contributed by atoms with Crippen LogP contribution in [0.15, 0.2) is 42.5 Å². The number of ether oxygens (including phenoxy) is 3. The fourth-order valence-corrected chi connectivity index (χ4v) is 2.30. The van der Waals surface area contributed by atoms with Gasteiger partial charge in [-0.2, -0.15) is 0 Å². The molecule has 2 N–H and O–H groups in total. The molecule has 0 saturated heterocycles. The number of rotatable bonds is 7. The van der Waals surface area contributed by atoms with Crippen molar-refractivity contribution < 1.29 is 28.6 Å². The van der Waals surface area contributed by atoms with Crippen LogP contribution in [0.3, 0.4) is 0 Å². The Kier molecular flexibility index (Phi) is 6.76. The molecule has 0 heterocycles. The zero-order chi connectivity index (χ0) is 19.8. The minimum absolute atomic E-state index is 0.102. The van der Waals surface area contributed by atoms with Gasteiger partial charge in [0.15, 0.2) is 6.61 Å². The molecule has 0 fully saturated rings. The Hall–Kier alpha value is -3.55. The first-order chi connectivity index (χ1) is 13.0. The highest BCUT2D eigenvalue weighted by Gasteiger charge is 2.20. The van der Waals surface area contributed by atoms with Crippen LogP contribution in [0.1, 0.15) is 20.7 Å². The topological polar surface area (TPSA) is 103 Å². The summed E-state index contributed by atoms with van der Waals surface area (Å²) in [5, 5.41) is 5.08. The SMILES string of the molecule is CNC(=O)c1ccc(NC(=O)COC(=O)c2c(OC)cccc2OC)cc1. The van der Waals surface area contributed by atoms with Crippen molar-refractivity contribution in [1.82, 2.24) is 5.32 Å². The van der Waals surface area contributed by atoms with Crippen LogP contribution in [0.4, 0.5) is 5.69 Å². The lowest BCUT2D eigenvalue weighted by molar-refractivity contribution is -0.119. The molecule has 27 heavy (non-hydrogen) atoms. The first-order valence-corrected chi connectivity index (χ1v) is 8.00. The molecule has 2 rings (SSSR count). The minimum Gasteiger partial charge on any atom is -0.496 e. The third-order valence-corrected chi connectivity index (χ3v) is 3.62. The molecule has 2 amide bonds. The highest BCUT2D eigenvalue weighted by molar-refractivity contribution is 5.99. The van der Waals surface area contributed by atoms with Crippen molar-refractivity contribution in [2.75, 3.05) is 33.2 Å². The third-order valence-electron chi connectivity index (χ3n) is 3.62. The van der Waals surface area contributed by atoms with E-state index < -0.39 is 18.5 Å². The van der Waals surface area contributed by atoms with E-state index in [1.165, 1.54) is 21.3 Å². The van der Waals surface area contributed by atoms with Gasteiger partial charge in [0.05, 0.1) is 14.2 Å². The van der Waals surface area contributed by atoms with E-state index in [0.717, 1.165) is 0 Å². The Balaban J connectivity index is 1.98. The number of methoxy groups -OCH3 is 2. The molecule has 0 radical (unpaired) electrons. The lowest BCUT2D eigenvalue weighted by Crippen LogP contribution is -2.21. The summed E-state index contributed by atoms with van der Waals surface area (Å²) in [7, 11) is 4.37. The summed E-state index contributed by atoms with van der Waals surface area (Å²) in [5.41, 5.74) is 1.04. The largest absolute Gasteiger partial charge is 0.496 e. The fourth-order valence-electron chi connectivity index (χ4n) is 2.30. The van der Waals surface area contributed by atoms with Crippen LogP contribution in [-0.4, -0.2) is 45.7 Å². The number of esters is 1. The molecule has 0 saturated carbocycles. The van der Waals surface area contributed by atoms with Gasteiger partial charge >= 0.3 is 5.97 Å². The van der Waals surface area contributed by atoms with Crippen LogP contribution >= 0.6 is 0 Å². The van der Waals surface area contributed by atoms with Crippen molar-refractivity contribution in [2.45, 2.75) is 0 Å². The second-order valence-corrected chi connectivity index (χ2v) is 5.32. The molecule has 8 heteroatoms. The lowest BCUT2D eigenvalue weighted by Gasteiger charge is -2.12. The first-order valence-electron chi connectivity index (χ1n) is 8.00. The number of carbonyl (C=O) groups excluding carboxylic acids is 3. The molecule has 2 aromatic carbocycles. The van der Waals surface area contributed by atoms with Crippen molar-refractivity contribution in [3.63, 3.8) is 0 Å². The van der Waals surface area contributed by atoms with Crippen molar-refractivity contribution in [2.24, 2.45) is 0 Å². The molecule has 0 aliphatic heterocycles. The van der Waals surface area contributed by atoms with Gasteiger partial charge in [0.2, 0.25) is 0 Å². The molecule has 0 spiro atoms. The zero-order valence-corrected chi connectivity index (χ0v) is 15.2. The fraction of sp³-hybridized carbons (Fsp3) is 0.211. The van der Waals surface area contributed by atoms with E-state index in [1.54, 1.807) is 42.5 Å². The van der Waals surface area contributed by atoms with Crippen LogP contribution in [-0.2, 0) is 9.53 Å². The van der Waals surface area contributed by atoms with E-state index in [0.29, 0.717) is 11.3 Å². The number of benzene rings is 2. The Labute approximate surface area is 156 Å². The number of hydrogen-bond acceptors (Lipinski definition) is 6. The van der Waals surface area contributed by atoms with Crippen LogP contribution in [0.25, 0.3) is 0 Å². The Morgan fingerprint density at radius 3 is 2.04 bits per heavy atom. The first kappa shape index (κ1) is 19.8. The summed E-state index contributed by atoms with van der Waals surface area (Å²) < 4.78 is 15.3. The van der Waals surface area contributed by atoms with Gasteiger partial charge in [-0.15, -0.1) is 0 Å². The Bertz CT molecular complexity index is 810. The Morgan fingerprint density at radius 2 is 1.52 bits per heavy atom. The van der Waals surface area contributed by atoms with Crippen LogP contribution in [0, 0.1) is 0 Å². The van der Waals surface area contributed by atoms with Crippen molar-refractivity contribution in [1.29, 1.82) is 0 Å². The third kappa shape index (κ3) is 4.97. The number of nitrogens with one attached hydrogen (secondary N) is 2. The summed E-state index contributed by atoms with van der Waals surface area (Å²) in [6.45, 7) is -0.489. The van der Waals surface area contributed by atoms with Gasteiger partial charge in [0, 0.05) is 18.3 Å². The molecule has 2 aromatic rings. The maximum absolute atomic E-state index is 12.3. The second-order valence-electron chi connectivity index (χ2n) is 5.32. The van der Waals surface area contributed by atoms with Crippen LogP contribution in [0.2, 0.25) is 0 Å². The average molecular weight is 372 g/mol. The summed E-state index contributed by atoms with van der Waals surface area (Å²) in [6.07, 6.45) is 0. The molecule has 0 bridgehead atoms. The molecule has 0 aliphatic rings. The van der Waals surface area contributed by atoms with Crippen LogP contribution in [0.5, 0.6) is 11.5 Å². The minimum atomic E-state index is -0.741. The van der Waals surface area contributed by atoms with Gasteiger partial charge in [-0.3, -0.25) is 9.59 Å². The molecule has 0 unspecified atom stereocenters. The average Bonchev–Trinajstić information content (AvgIpc) is 2.71. The summed E-state index contributed by atoms with van der Waals surface area (Å²) in [6, 6.07) is 11.1. The van der Waals surface area contributed by atoms with Gasteiger partial charge in [0.25, 0.3) is 11.8 Å². The predicted molar refractivity (Wildman–Crippen MR) is 98.3 cm³/mol. The lowest BCUT2D eigenvalue weighted by atomic mass is 10.2. The zero-order valence-electron chi connectivity index (χ0n) is 15.2. The molecule has 0 aliphatic carbocycles. The van der Waals surface area contributed by atoms with Crippen molar-refractivity contribution >= 4 is 23.5 Å². The molecule has 0 atom stereocenters. The van der Waals surface area contributed by atoms with Gasteiger partial charge in [-0.1, -0.05) is 6.07 Å². The van der Waals surface area contributed by atoms with E-state index in [2.05, 4.69) is 10.6 Å². The summed E-state index contributed by atoms with van der Waals surface area (Å²) in [4.78, 5) is 35.8. The van der Waals surface area contributed by atoms with E-state index in [9.17, 15) is 14.4 Å². The maximum Gasteiger partial charge on any atom is 0.346 e. The van der Waals surface area contributed by atoms with Crippen molar-refractivity contribution in [3.05, 3.63) is 53.6 Å². The van der Waals surface area contributed by atoms with Crippen molar-refractivity contribution in [3.8, 4) is 11.5 Å². The molecule has 8 nitrogen and oxygen atoms in total. The van der Waals surface area contributed by atoms with Gasteiger partial charge in [-0.05, 0) is 36.4 Å². The van der Waals surface area contributed by atoms with Gasteiger partial charge in [-0.25, -0.2) is 4.79 Å². The maximum atomic E-state index is 12.3. The number of anilines is 1. The summed E-state index contributed by atoms with van der Waals surface area (Å²) >= 11 is 0. The van der Waals surface area contributed by atoms with E-state index in [4.69, 9.17) is 14.2 Å². The number of amides is 2. The van der Waals surface area contributed by atoms with Crippen LogP contribution < -0.4 is 20.1 Å². The quantitative estimate of drug-likeness (QED) is 0.719. The highest BCUT2D eigenvalue weighted by atomic mass is 16.5. The molecule has 0 aromatic heterocycles. The number of carbonyl (C=O) groups is 3. The summed E-state index contributed by atoms with van der Waals surface area (Å²) in [5.74, 6) is -0.930. The normalized spacial score (nSPS) is 9.89. The van der Waals surface area contributed by atoms with Gasteiger partial charge in [0.1, 0.15) is 17.1 Å². The molecular weight excluding hydrogens is 352 g/mol. The van der Waals surface area contributed by atoms with E-state index in [-0.39, 0.29) is 23.0 Å². The molecule has 142 valence electrons.